The molecule has 0 unspecified atom stereocenters. The fourth-order valence-electron chi connectivity index (χ4n) is 3.05. The lowest BCUT2D eigenvalue weighted by atomic mass is 10.2. The first-order chi connectivity index (χ1) is 11.8. The molecule has 0 spiro atoms. The normalized spacial score (nSPS) is 15.0. The largest absolute Gasteiger partial charge is 0.352 e. The van der Waals surface area contributed by atoms with Crippen molar-refractivity contribution in [2.24, 2.45) is 0 Å². The molecule has 1 aliphatic rings. The summed E-state index contributed by atoms with van der Waals surface area (Å²) in [5.41, 5.74) is 1.66. The topological polar surface area (TPSA) is 78.0 Å². The molecule has 3 aromatic rings. The predicted molar refractivity (Wildman–Crippen MR) is 90.6 cm³/mol. The highest BCUT2D eigenvalue weighted by Gasteiger charge is 2.23. The Morgan fingerprint density at radius 3 is 2.75 bits per heavy atom. The van der Waals surface area contributed by atoms with Crippen LogP contribution in [0.1, 0.15) is 5.69 Å². The van der Waals surface area contributed by atoms with Crippen molar-refractivity contribution >= 4 is 22.8 Å². The van der Waals surface area contributed by atoms with E-state index in [1.165, 1.54) is 0 Å². The zero-order valence-corrected chi connectivity index (χ0v) is 13.2. The van der Waals surface area contributed by atoms with Crippen LogP contribution in [0, 0.1) is 0 Å². The van der Waals surface area contributed by atoms with Gasteiger partial charge in [0.2, 0.25) is 5.91 Å². The van der Waals surface area contributed by atoms with E-state index in [9.17, 15) is 4.79 Å². The Morgan fingerprint density at radius 1 is 1.08 bits per heavy atom. The second-order valence-electron chi connectivity index (χ2n) is 5.80. The molecule has 7 heteroatoms. The molecule has 0 saturated carbocycles. The number of nitrogens with zero attached hydrogens (tertiary/aromatic N) is 5. The molecule has 1 amide bonds. The van der Waals surface area contributed by atoms with Gasteiger partial charge in [-0.25, -0.2) is 9.97 Å². The minimum atomic E-state index is 0.128. The summed E-state index contributed by atoms with van der Waals surface area (Å²) in [6.45, 7) is 2.93. The van der Waals surface area contributed by atoms with Crippen molar-refractivity contribution in [1.82, 2.24) is 24.8 Å². The summed E-state index contributed by atoms with van der Waals surface area (Å²) in [5, 5.41) is 1.02. The number of anilines is 1. The molecule has 4 rings (SSSR count). The van der Waals surface area contributed by atoms with Gasteiger partial charge in [-0.3, -0.25) is 9.78 Å². The number of fused-ring (bicyclic) bond motifs is 1. The molecule has 0 aliphatic carbocycles. The molecule has 0 bridgehead atoms. The lowest BCUT2D eigenvalue weighted by Gasteiger charge is -2.35. The van der Waals surface area contributed by atoms with Crippen molar-refractivity contribution < 1.29 is 4.79 Å². The van der Waals surface area contributed by atoms with Gasteiger partial charge in [-0.05, 0) is 18.2 Å². The van der Waals surface area contributed by atoms with Gasteiger partial charge >= 0.3 is 0 Å². The van der Waals surface area contributed by atoms with Crippen LogP contribution in [0.15, 0.2) is 43.0 Å². The van der Waals surface area contributed by atoms with Crippen LogP contribution in [-0.2, 0) is 11.2 Å². The molecule has 122 valence electrons. The van der Waals surface area contributed by atoms with Crippen molar-refractivity contribution in [2.45, 2.75) is 6.42 Å². The van der Waals surface area contributed by atoms with Crippen molar-refractivity contribution in [1.29, 1.82) is 0 Å². The second-order valence-corrected chi connectivity index (χ2v) is 5.80. The van der Waals surface area contributed by atoms with Gasteiger partial charge in [0.15, 0.2) is 0 Å². The molecule has 0 atom stereocenters. The SMILES string of the molecule is O=C(Cc1ccccn1)N1CCN(c2ncnc3[nH]ccc23)CC1. The zero-order chi connectivity index (χ0) is 16.4. The van der Waals surface area contributed by atoms with Crippen molar-refractivity contribution in [3.8, 4) is 0 Å². The fraction of sp³-hybridized carbons (Fsp3) is 0.294. The van der Waals surface area contributed by atoms with E-state index in [2.05, 4.69) is 24.8 Å². The number of nitrogens with one attached hydrogen (secondary N) is 1. The van der Waals surface area contributed by atoms with Crippen LogP contribution in [-0.4, -0.2) is 56.9 Å². The number of amides is 1. The predicted octanol–water partition coefficient (Wildman–Crippen LogP) is 1.24. The number of aromatic nitrogens is 4. The fourth-order valence-corrected chi connectivity index (χ4v) is 3.05. The van der Waals surface area contributed by atoms with Gasteiger partial charge in [-0.15, -0.1) is 0 Å². The van der Waals surface area contributed by atoms with Gasteiger partial charge < -0.3 is 14.8 Å². The minimum absolute atomic E-state index is 0.128. The Morgan fingerprint density at radius 2 is 1.96 bits per heavy atom. The molecule has 0 aromatic carbocycles. The molecule has 1 saturated heterocycles. The number of carbonyl (C=O) groups excluding carboxylic acids is 1. The quantitative estimate of drug-likeness (QED) is 0.785. The highest BCUT2D eigenvalue weighted by Crippen LogP contribution is 2.23. The zero-order valence-electron chi connectivity index (χ0n) is 13.2. The average molecular weight is 322 g/mol. The average Bonchev–Trinajstić information content (AvgIpc) is 3.11. The highest BCUT2D eigenvalue weighted by molar-refractivity contribution is 5.87. The third kappa shape index (κ3) is 2.80. The first kappa shape index (κ1) is 14.6. The maximum Gasteiger partial charge on any atom is 0.228 e. The molecular formula is C17H18N6O. The molecule has 24 heavy (non-hydrogen) atoms. The van der Waals surface area contributed by atoms with Gasteiger partial charge in [-0.1, -0.05) is 6.07 Å². The van der Waals surface area contributed by atoms with E-state index in [1.54, 1.807) is 12.5 Å². The van der Waals surface area contributed by atoms with E-state index in [-0.39, 0.29) is 5.91 Å². The third-order valence-electron chi connectivity index (χ3n) is 4.32. The van der Waals surface area contributed by atoms with Crippen molar-refractivity contribution in [3.63, 3.8) is 0 Å². The number of hydrogen-bond acceptors (Lipinski definition) is 5. The number of aromatic amines is 1. The maximum absolute atomic E-state index is 12.4. The van der Waals surface area contributed by atoms with Crippen LogP contribution in [0.5, 0.6) is 0 Å². The van der Waals surface area contributed by atoms with Gasteiger partial charge in [-0.2, -0.15) is 0 Å². The molecule has 4 heterocycles. The Labute approximate surface area is 139 Å². The van der Waals surface area contributed by atoms with E-state index in [4.69, 9.17) is 0 Å². The van der Waals surface area contributed by atoms with Gasteiger partial charge in [0, 0.05) is 44.3 Å². The number of pyridine rings is 1. The molecule has 7 nitrogen and oxygen atoms in total. The van der Waals surface area contributed by atoms with E-state index < -0.39 is 0 Å². The number of H-pyrrole nitrogens is 1. The molecule has 3 aromatic heterocycles. The number of hydrogen-bond donors (Lipinski definition) is 1. The summed E-state index contributed by atoms with van der Waals surface area (Å²) >= 11 is 0. The Hall–Kier alpha value is -2.96. The van der Waals surface area contributed by atoms with E-state index >= 15 is 0 Å². The summed E-state index contributed by atoms with van der Waals surface area (Å²) < 4.78 is 0. The third-order valence-corrected chi connectivity index (χ3v) is 4.32. The summed E-state index contributed by atoms with van der Waals surface area (Å²) in [5.74, 6) is 1.06. The first-order valence-electron chi connectivity index (χ1n) is 8.02. The Balaban J connectivity index is 1.41. The van der Waals surface area contributed by atoms with E-state index in [0.29, 0.717) is 19.5 Å². The summed E-state index contributed by atoms with van der Waals surface area (Å²) in [7, 11) is 0. The number of carbonyl (C=O) groups is 1. The number of piperazine rings is 1. The lowest BCUT2D eigenvalue weighted by Crippen LogP contribution is -2.49. The Bertz CT molecular complexity index is 838. The van der Waals surface area contributed by atoms with Crippen LogP contribution in [0.2, 0.25) is 0 Å². The van der Waals surface area contributed by atoms with E-state index in [0.717, 1.165) is 35.6 Å². The molecular weight excluding hydrogens is 304 g/mol. The maximum atomic E-state index is 12.4. The summed E-state index contributed by atoms with van der Waals surface area (Å²) in [6, 6.07) is 7.64. The number of rotatable bonds is 3. The van der Waals surface area contributed by atoms with Gasteiger partial charge in [0.25, 0.3) is 0 Å². The van der Waals surface area contributed by atoms with Crippen LogP contribution in [0.3, 0.4) is 0 Å². The standard InChI is InChI=1S/C17H18N6O/c24-15(11-13-3-1-2-5-18-13)22-7-9-23(10-8-22)17-14-4-6-19-16(14)20-12-21-17/h1-6,12H,7-11H2,(H,19,20,21). The minimum Gasteiger partial charge on any atom is -0.352 e. The highest BCUT2D eigenvalue weighted by atomic mass is 16.2. The van der Waals surface area contributed by atoms with Crippen LogP contribution in [0.4, 0.5) is 5.82 Å². The van der Waals surface area contributed by atoms with Gasteiger partial charge in [0.1, 0.15) is 17.8 Å². The summed E-state index contributed by atoms with van der Waals surface area (Å²) in [6.07, 6.45) is 5.52. The second kappa shape index (κ2) is 6.27. The van der Waals surface area contributed by atoms with Crippen LogP contribution < -0.4 is 4.90 Å². The molecule has 1 fully saturated rings. The summed E-state index contributed by atoms with van der Waals surface area (Å²) in [4.78, 5) is 32.5. The van der Waals surface area contributed by atoms with Crippen LogP contribution in [0.25, 0.3) is 11.0 Å². The van der Waals surface area contributed by atoms with Gasteiger partial charge in [0.05, 0.1) is 11.8 Å². The first-order valence-corrected chi connectivity index (χ1v) is 8.02. The monoisotopic (exact) mass is 322 g/mol. The molecule has 1 N–H and O–H groups in total. The van der Waals surface area contributed by atoms with Crippen molar-refractivity contribution in [3.05, 3.63) is 48.7 Å². The van der Waals surface area contributed by atoms with Crippen molar-refractivity contribution in [2.75, 3.05) is 31.1 Å². The van der Waals surface area contributed by atoms with E-state index in [1.807, 2.05) is 35.4 Å². The Kier molecular flexibility index (Phi) is 3.82. The smallest absolute Gasteiger partial charge is 0.228 e. The molecule has 1 aliphatic heterocycles. The van der Waals surface area contributed by atoms with Crippen LogP contribution >= 0.6 is 0 Å². The lowest BCUT2D eigenvalue weighted by molar-refractivity contribution is -0.130. The molecule has 0 radical (unpaired) electrons.